The third-order valence-corrected chi connectivity index (χ3v) is 6.58. The maximum absolute atomic E-state index is 15.0. The first-order chi connectivity index (χ1) is 19.4. The zero-order valence-electron chi connectivity index (χ0n) is 22.8. The van der Waals surface area contributed by atoms with Gasteiger partial charge in [0, 0.05) is 43.2 Å². The number of aromatic nitrogens is 2. The molecule has 40 heavy (non-hydrogen) atoms. The predicted molar refractivity (Wildman–Crippen MR) is 149 cm³/mol. The van der Waals surface area contributed by atoms with Crippen molar-refractivity contribution in [1.29, 1.82) is 5.26 Å². The van der Waals surface area contributed by atoms with Crippen LogP contribution < -0.4 is 4.74 Å². The van der Waals surface area contributed by atoms with E-state index in [9.17, 15) is 14.9 Å². The van der Waals surface area contributed by atoms with Crippen LogP contribution in [0.2, 0.25) is 0 Å². The molecule has 0 radical (unpaired) electrons. The third kappa shape index (κ3) is 6.03. The Balaban J connectivity index is 1.82. The van der Waals surface area contributed by atoms with Gasteiger partial charge in [-0.2, -0.15) is 10.4 Å². The molecular formula is C31H31FN4O4. The number of unbranched alkanes of at least 4 members (excludes halogenated alkanes) is 1. The molecule has 0 atom stereocenters. The zero-order chi connectivity index (χ0) is 28.6. The van der Waals surface area contributed by atoms with Gasteiger partial charge in [-0.3, -0.25) is 14.5 Å². The van der Waals surface area contributed by atoms with Crippen LogP contribution in [-0.4, -0.2) is 53.4 Å². The lowest BCUT2D eigenvalue weighted by Crippen LogP contribution is -2.43. The summed E-state index contributed by atoms with van der Waals surface area (Å²) in [5.41, 5.74) is 2.59. The lowest BCUT2D eigenvalue weighted by atomic mass is 9.93. The minimum Gasteiger partial charge on any atom is -0.491 e. The van der Waals surface area contributed by atoms with Gasteiger partial charge in [-0.1, -0.05) is 31.5 Å². The lowest BCUT2D eigenvalue weighted by molar-refractivity contribution is -0.140. The fraction of sp³-hybridized carbons (Fsp3) is 0.290. The number of carbonyl (C=O) groups excluding carboxylic acids is 2. The van der Waals surface area contributed by atoms with Crippen molar-refractivity contribution in [3.8, 4) is 28.8 Å². The van der Waals surface area contributed by atoms with E-state index in [2.05, 4.69) is 0 Å². The molecule has 0 bridgehead atoms. The van der Waals surface area contributed by atoms with Gasteiger partial charge in [0.25, 0.3) is 11.8 Å². The highest BCUT2D eigenvalue weighted by atomic mass is 19.1. The largest absolute Gasteiger partial charge is 0.491 e. The van der Waals surface area contributed by atoms with Crippen LogP contribution in [-0.2, 0) is 14.3 Å². The van der Waals surface area contributed by atoms with Crippen LogP contribution in [0.3, 0.4) is 0 Å². The van der Waals surface area contributed by atoms with Crippen LogP contribution in [0.4, 0.5) is 4.39 Å². The summed E-state index contributed by atoms with van der Waals surface area (Å²) in [5.74, 6) is -1.50. The average Bonchev–Trinajstić information content (AvgIpc) is 3.38. The van der Waals surface area contributed by atoms with Crippen LogP contribution >= 0.6 is 0 Å². The number of nitriles is 1. The van der Waals surface area contributed by atoms with Crippen molar-refractivity contribution < 1.29 is 23.5 Å². The summed E-state index contributed by atoms with van der Waals surface area (Å²) < 4.78 is 27.3. The summed E-state index contributed by atoms with van der Waals surface area (Å²) in [6.07, 6.45) is 5.53. The van der Waals surface area contributed by atoms with Crippen molar-refractivity contribution in [2.24, 2.45) is 0 Å². The molecule has 2 heterocycles. The van der Waals surface area contributed by atoms with E-state index in [-0.39, 0.29) is 29.0 Å². The van der Waals surface area contributed by atoms with Crippen LogP contribution in [0, 0.1) is 17.1 Å². The first kappa shape index (κ1) is 28.5. The Labute approximate surface area is 232 Å². The maximum Gasteiger partial charge on any atom is 0.271 e. The quantitative estimate of drug-likeness (QED) is 0.181. The average molecular weight is 543 g/mol. The Morgan fingerprint density at radius 1 is 1.07 bits per heavy atom. The van der Waals surface area contributed by atoms with E-state index in [1.165, 1.54) is 13.2 Å². The summed E-state index contributed by atoms with van der Waals surface area (Å²) in [6, 6.07) is 16.0. The standard InChI is InChI=1S/C31H31FN4O4/c1-4-5-16-40-28-13-12-22(18-27(28)32)29-23(20-36(34-29)24-10-7-6-8-11-24)17-25-21(2)26(19-33)31(38)35(30(25)37)14-9-15-39-3/h6-8,10-13,17-18,20H,4-5,9,14-16H2,1-3H3/b25-17+. The Morgan fingerprint density at radius 2 is 1.85 bits per heavy atom. The highest BCUT2D eigenvalue weighted by Crippen LogP contribution is 2.32. The second-order valence-corrected chi connectivity index (χ2v) is 9.34. The molecule has 1 aliphatic rings. The number of halogens is 1. The number of para-hydroxylation sites is 1. The normalized spacial score (nSPS) is 14.7. The molecule has 0 aliphatic carbocycles. The number of nitrogens with zero attached hydrogens (tertiary/aromatic N) is 4. The molecule has 1 aromatic heterocycles. The summed E-state index contributed by atoms with van der Waals surface area (Å²) in [5, 5.41) is 14.4. The second-order valence-electron chi connectivity index (χ2n) is 9.34. The summed E-state index contributed by atoms with van der Waals surface area (Å²) in [4.78, 5) is 27.5. The number of hydrogen-bond acceptors (Lipinski definition) is 6. The molecule has 0 fully saturated rings. The molecule has 9 heteroatoms. The summed E-state index contributed by atoms with van der Waals surface area (Å²) >= 11 is 0. The summed E-state index contributed by atoms with van der Waals surface area (Å²) in [7, 11) is 1.54. The number of benzene rings is 2. The van der Waals surface area contributed by atoms with Crippen LogP contribution in [0.5, 0.6) is 5.75 Å². The van der Waals surface area contributed by atoms with E-state index in [0.29, 0.717) is 36.5 Å². The fourth-order valence-corrected chi connectivity index (χ4v) is 4.38. The Morgan fingerprint density at radius 3 is 2.52 bits per heavy atom. The minimum atomic E-state index is -0.626. The second kappa shape index (κ2) is 13.0. The molecule has 0 N–H and O–H groups in total. The van der Waals surface area contributed by atoms with Gasteiger partial charge < -0.3 is 9.47 Å². The van der Waals surface area contributed by atoms with Gasteiger partial charge in [-0.25, -0.2) is 9.07 Å². The molecule has 0 saturated heterocycles. The van der Waals surface area contributed by atoms with E-state index in [4.69, 9.17) is 14.6 Å². The monoisotopic (exact) mass is 542 g/mol. The Hall–Kier alpha value is -4.55. The van der Waals surface area contributed by atoms with Crippen molar-refractivity contribution in [3.05, 3.63) is 82.8 Å². The molecule has 3 aromatic rings. The molecule has 0 saturated carbocycles. The van der Waals surface area contributed by atoms with Crippen LogP contribution in [0.1, 0.15) is 38.7 Å². The molecule has 4 rings (SSSR count). The highest BCUT2D eigenvalue weighted by molar-refractivity contribution is 6.19. The first-order valence-electron chi connectivity index (χ1n) is 13.2. The molecular weight excluding hydrogens is 511 g/mol. The Kier molecular flexibility index (Phi) is 9.25. The van der Waals surface area contributed by atoms with E-state index >= 15 is 4.39 Å². The number of amides is 2. The van der Waals surface area contributed by atoms with Gasteiger partial charge in [0.05, 0.1) is 12.3 Å². The SMILES string of the molecule is CCCCOc1ccc(-c2nn(-c3ccccc3)cc2/C=C2/C(=O)N(CCCOC)C(=O)C(C#N)=C2C)cc1F. The molecule has 1 aliphatic heterocycles. The maximum atomic E-state index is 15.0. The number of carbonyl (C=O) groups is 2. The van der Waals surface area contributed by atoms with Crippen molar-refractivity contribution in [2.75, 3.05) is 26.9 Å². The Bertz CT molecular complexity index is 1500. The molecule has 2 aromatic carbocycles. The number of rotatable bonds is 11. The molecule has 206 valence electrons. The van der Waals surface area contributed by atoms with Crippen LogP contribution in [0.15, 0.2) is 71.4 Å². The molecule has 8 nitrogen and oxygen atoms in total. The first-order valence-corrected chi connectivity index (χ1v) is 13.2. The topological polar surface area (TPSA) is 97.4 Å². The van der Waals surface area contributed by atoms with E-state index in [1.54, 1.807) is 36.0 Å². The van der Waals surface area contributed by atoms with Crippen LogP contribution in [0.25, 0.3) is 23.0 Å². The number of hydrogen-bond donors (Lipinski definition) is 0. The third-order valence-electron chi connectivity index (χ3n) is 6.58. The fourth-order valence-electron chi connectivity index (χ4n) is 4.38. The number of imide groups is 1. The highest BCUT2D eigenvalue weighted by Gasteiger charge is 2.35. The molecule has 0 spiro atoms. The van der Waals surface area contributed by atoms with Gasteiger partial charge >= 0.3 is 0 Å². The summed E-state index contributed by atoms with van der Waals surface area (Å²) in [6.45, 7) is 4.50. The zero-order valence-corrected chi connectivity index (χ0v) is 22.8. The van der Waals surface area contributed by atoms with Crippen molar-refractivity contribution in [2.45, 2.75) is 33.1 Å². The minimum absolute atomic E-state index is 0.0973. The van der Waals surface area contributed by atoms with Gasteiger partial charge in [-0.15, -0.1) is 0 Å². The number of methoxy groups -OCH3 is 1. The van der Waals surface area contributed by atoms with Gasteiger partial charge in [-0.05, 0) is 61.7 Å². The molecule has 0 unspecified atom stereocenters. The van der Waals surface area contributed by atoms with E-state index < -0.39 is 17.6 Å². The molecule has 2 amide bonds. The lowest BCUT2D eigenvalue weighted by Gasteiger charge is -2.27. The van der Waals surface area contributed by atoms with Gasteiger partial charge in [0.2, 0.25) is 0 Å². The van der Waals surface area contributed by atoms with Gasteiger partial charge in [0.1, 0.15) is 17.3 Å². The van der Waals surface area contributed by atoms with Crippen molar-refractivity contribution >= 4 is 17.9 Å². The van der Waals surface area contributed by atoms with Crippen molar-refractivity contribution in [1.82, 2.24) is 14.7 Å². The predicted octanol–water partition coefficient (Wildman–Crippen LogP) is 5.49. The van der Waals surface area contributed by atoms with Crippen molar-refractivity contribution in [3.63, 3.8) is 0 Å². The van der Waals surface area contributed by atoms with E-state index in [1.807, 2.05) is 43.3 Å². The van der Waals surface area contributed by atoms with Gasteiger partial charge in [0.15, 0.2) is 11.6 Å². The number of ether oxygens (including phenoxy) is 2. The smallest absolute Gasteiger partial charge is 0.271 e. The van der Waals surface area contributed by atoms with E-state index in [0.717, 1.165) is 23.4 Å².